The van der Waals surface area contributed by atoms with Crippen LogP contribution in [0.2, 0.25) is 0 Å². The van der Waals surface area contributed by atoms with Gasteiger partial charge in [0.05, 0.1) is 0 Å². The molecule has 0 fully saturated rings. The van der Waals surface area contributed by atoms with Crippen molar-refractivity contribution >= 4 is 17.0 Å². The lowest BCUT2D eigenvalue weighted by molar-refractivity contribution is 0.627. The number of nitrogens with one attached hydrogen (secondary N) is 1. The largest absolute Gasteiger partial charge is 0.364 e. The van der Waals surface area contributed by atoms with E-state index >= 15 is 0 Å². The fourth-order valence-electron chi connectivity index (χ4n) is 1.77. The first-order valence-corrected chi connectivity index (χ1v) is 5.73. The highest BCUT2D eigenvalue weighted by Gasteiger charge is 2.08. The first-order valence-electron chi connectivity index (χ1n) is 5.73. The summed E-state index contributed by atoms with van der Waals surface area (Å²) in [7, 11) is 1.77. The molecule has 6 nitrogen and oxygen atoms in total. The normalized spacial score (nSPS) is 10.8. The summed E-state index contributed by atoms with van der Waals surface area (Å²) in [5, 5.41) is 11.1. The van der Waals surface area contributed by atoms with Crippen LogP contribution in [0.5, 0.6) is 0 Å². The van der Waals surface area contributed by atoms with Crippen molar-refractivity contribution in [3.8, 4) is 0 Å². The van der Waals surface area contributed by atoms with Crippen LogP contribution < -0.4 is 5.32 Å². The van der Waals surface area contributed by atoms with Crippen LogP contribution in [0.4, 0.5) is 10.2 Å². The number of nitrogens with zero attached hydrogens (tertiary/aromatic N) is 5. The average molecular weight is 258 g/mol. The number of anilines is 1. The van der Waals surface area contributed by atoms with E-state index in [9.17, 15) is 4.39 Å². The van der Waals surface area contributed by atoms with Crippen LogP contribution >= 0.6 is 0 Å². The van der Waals surface area contributed by atoms with Gasteiger partial charge in [0, 0.05) is 13.6 Å². The number of hydrogen-bond donors (Lipinski definition) is 1. The minimum atomic E-state index is -0.248. The molecule has 19 heavy (non-hydrogen) atoms. The third-order valence-corrected chi connectivity index (χ3v) is 2.76. The Bertz CT molecular complexity index is 706. The molecule has 0 aliphatic carbocycles. The highest BCUT2D eigenvalue weighted by molar-refractivity contribution is 5.81. The van der Waals surface area contributed by atoms with Gasteiger partial charge in [-0.1, -0.05) is 17.3 Å². The molecule has 0 saturated carbocycles. The van der Waals surface area contributed by atoms with Crippen molar-refractivity contribution in [3.05, 3.63) is 42.0 Å². The van der Waals surface area contributed by atoms with E-state index in [0.29, 0.717) is 23.5 Å². The van der Waals surface area contributed by atoms with Gasteiger partial charge in [-0.3, -0.25) is 0 Å². The standard InChI is InChI=1S/C12H11FN6/c1-19-12-10(17-18-19)11(15-7-16-12)14-6-8-2-4-9(13)5-3-8/h2-5,7H,6H2,1H3,(H,14,15,16). The molecule has 0 radical (unpaired) electrons. The SMILES string of the molecule is Cn1nnc2c(NCc3ccc(F)cc3)ncnc21. The molecule has 3 aromatic rings. The zero-order valence-electron chi connectivity index (χ0n) is 10.2. The number of aromatic nitrogens is 5. The van der Waals surface area contributed by atoms with Crippen LogP contribution in [0.25, 0.3) is 11.2 Å². The third kappa shape index (κ3) is 2.22. The molecule has 2 aromatic heterocycles. The second kappa shape index (κ2) is 4.60. The second-order valence-corrected chi connectivity index (χ2v) is 4.09. The van der Waals surface area contributed by atoms with Crippen LogP contribution in [0.1, 0.15) is 5.56 Å². The Kier molecular flexibility index (Phi) is 2.79. The van der Waals surface area contributed by atoms with Crippen LogP contribution in [-0.4, -0.2) is 25.0 Å². The summed E-state index contributed by atoms with van der Waals surface area (Å²) >= 11 is 0. The number of halogens is 1. The summed E-state index contributed by atoms with van der Waals surface area (Å²) in [5.74, 6) is 0.365. The first-order chi connectivity index (χ1) is 9.24. The lowest BCUT2D eigenvalue weighted by Gasteiger charge is -2.05. The molecule has 0 aliphatic heterocycles. The smallest absolute Gasteiger partial charge is 0.183 e. The predicted octanol–water partition coefficient (Wildman–Crippen LogP) is 1.51. The van der Waals surface area contributed by atoms with Gasteiger partial charge in [0.2, 0.25) is 0 Å². The maximum Gasteiger partial charge on any atom is 0.183 e. The van der Waals surface area contributed by atoms with Crippen molar-refractivity contribution < 1.29 is 4.39 Å². The Morgan fingerprint density at radius 2 is 2.00 bits per heavy atom. The van der Waals surface area contributed by atoms with Crippen molar-refractivity contribution in [2.75, 3.05) is 5.32 Å². The summed E-state index contributed by atoms with van der Waals surface area (Å²) < 4.78 is 14.4. The Hall–Kier alpha value is -2.57. The fraction of sp³-hybridized carbons (Fsp3) is 0.167. The van der Waals surface area contributed by atoms with Crippen molar-refractivity contribution in [3.63, 3.8) is 0 Å². The number of aryl methyl sites for hydroxylation is 1. The van der Waals surface area contributed by atoms with E-state index in [2.05, 4.69) is 25.6 Å². The van der Waals surface area contributed by atoms with E-state index < -0.39 is 0 Å². The Balaban J connectivity index is 1.83. The first kappa shape index (κ1) is 11.5. The van der Waals surface area contributed by atoms with E-state index in [1.165, 1.54) is 18.5 Å². The molecule has 7 heteroatoms. The van der Waals surface area contributed by atoms with E-state index in [4.69, 9.17) is 0 Å². The zero-order valence-corrected chi connectivity index (χ0v) is 10.2. The number of hydrogen-bond acceptors (Lipinski definition) is 5. The molecule has 1 N–H and O–H groups in total. The molecule has 0 amide bonds. The molecular weight excluding hydrogens is 247 g/mol. The minimum absolute atomic E-state index is 0.248. The molecule has 3 rings (SSSR count). The highest BCUT2D eigenvalue weighted by atomic mass is 19.1. The van der Waals surface area contributed by atoms with Gasteiger partial charge in [0.1, 0.15) is 12.1 Å². The zero-order chi connectivity index (χ0) is 13.2. The lowest BCUT2D eigenvalue weighted by atomic mass is 10.2. The van der Waals surface area contributed by atoms with Crippen molar-refractivity contribution in [2.24, 2.45) is 7.05 Å². The third-order valence-electron chi connectivity index (χ3n) is 2.76. The van der Waals surface area contributed by atoms with Crippen LogP contribution in [0.15, 0.2) is 30.6 Å². The molecule has 0 bridgehead atoms. The minimum Gasteiger partial charge on any atom is -0.364 e. The van der Waals surface area contributed by atoms with Gasteiger partial charge < -0.3 is 5.32 Å². The quantitative estimate of drug-likeness (QED) is 0.771. The Morgan fingerprint density at radius 3 is 2.79 bits per heavy atom. The van der Waals surface area contributed by atoms with E-state index in [0.717, 1.165) is 5.56 Å². The van der Waals surface area contributed by atoms with Crippen molar-refractivity contribution in [1.82, 2.24) is 25.0 Å². The molecule has 0 atom stereocenters. The van der Waals surface area contributed by atoms with Crippen LogP contribution in [0, 0.1) is 5.82 Å². The maximum absolute atomic E-state index is 12.8. The summed E-state index contributed by atoms with van der Waals surface area (Å²) in [6.07, 6.45) is 1.46. The van der Waals surface area contributed by atoms with Gasteiger partial charge in [0.15, 0.2) is 17.0 Å². The topological polar surface area (TPSA) is 68.5 Å². The molecule has 1 aromatic carbocycles. The van der Waals surface area contributed by atoms with Gasteiger partial charge in [-0.05, 0) is 17.7 Å². The molecule has 0 saturated heterocycles. The molecule has 0 spiro atoms. The number of rotatable bonds is 3. The fourth-order valence-corrected chi connectivity index (χ4v) is 1.77. The van der Waals surface area contributed by atoms with Gasteiger partial charge in [0.25, 0.3) is 0 Å². The number of fused-ring (bicyclic) bond motifs is 1. The maximum atomic E-state index is 12.8. The van der Waals surface area contributed by atoms with Crippen LogP contribution in [-0.2, 0) is 13.6 Å². The molecule has 96 valence electrons. The van der Waals surface area contributed by atoms with Crippen molar-refractivity contribution in [1.29, 1.82) is 0 Å². The summed E-state index contributed by atoms with van der Waals surface area (Å²) in [4.78, 5) is 8.25. The predicted molar refractivity (Wildman–Crippen MR) is 67.8 cm³/mol. The van der Waals surface area contributed by atoms with Crippen molar-refractivity contribution in [2.45, 2.75) is 6.54 Å². The summed E-state index contributed by atoms with van der Waals surface area (Å²) in [5.41, 5.74) is 2.24. The molecule has 0 unspecified atom stereocenters. The van der Waals surface area contributed by atoms with Gasteiger partial charge in [-0.2, -0.15) is 0 Å². The monoisotopic (exact) mass is 258 g/mol. The van der Waals surface area contributed by atoms with E-state index in [1.807, 2.05) is 0 Å². The van der Waals surface area contributed by atoms with Gasteiger partial charge in [-0.15, -0.1) is 5.10 Å². The lowest BCUT2D eigenvalue weighted by Crippen LogP contribution is -2.03. The van der Waals surface area contributed by atoms with Crippen LogP contribution in [0.3, 0.4) is 0 Å². The number of benzene rings is 1. The average Bonchev–Trinajstić information content (AvgIpc) is 2.81. The molecular formula is C12H11FN6. The van der Waals surface area contributed by atoms with E-state index in [-0.39, 0.29) is 5.82 Å². The van der Waals surface area contributed by atoms with E-state index in [1.54, 1.807) is 23.9 Å². The second-order valence-electron chi connectivity index (χ2n) is 4.09. The van der Waals surface area contributed by atoms with Gasteiger partial charge >= 0.3 is 0 Å². The molecule has 0 aliphatic rings. The summed E-state index contributed by atoms with van der Waals surface area (Å²) in [6, 6.07) is 6.29. The Morgan fingerprint density at radius 1 is 1.21 bits per heavy atom. The van der Waals surface area contributed by atoms with Gasteiger partial charge in [-0.25, -0.2) is 19.0 Å². The summed E-state index contributed by atoms with van der Waals surface area (Å²) in [6.45, 7) is 0.531. The highest BCUT2D eigenvalue weighted by Crippen LogP contribution is 2.16. The molecule has 2 heterocycles. The Labute approximate surface area is 108 Å².